The molecule has 3 rings (SSSR count). The van der Waals surface area contributed by atoms with Crippen LogP contribution >= 0.6 is 0 Å². The number of halogens is 7. The molecule has 0 saturated carbocycles. The zero-order valence-electron chi connectivity index (χ0n) is 17.0. The third-order valence-electron chi connectivity index (χ3n) is 4.93. The highest BCUT2D eigenvalue weighted by Gasteiger charge is 2.21. The molecule has 32 heavy (non-hydrogen) atoms. The summed E-state index contributed by atoms with van der Waals surface area (Å²) in [4.78, 5) is 0. The van der Waals surface area contributed by atoms with E-state index in [2.05, 4.69) is 4.74 Å². The van der Waals surface area contributed by atoms with Gasteiger partial charge in [0, 0.05) is 0 Å². The number of benzene rings is 3. The van der Waals surface area contributed by atoms with E-state index >= 15 is 0 Å². The maximum atomic E-state index is 14.6. The molecule has 0 aliphatic rings. The predicted molar refractivity (Wildman–Crippen MR) is 106 cm³/mol. The normalized spacial score (nSPS) is 11.3. The van der Waals surface area contributed by atoms with Crippen LogP contribution in [0.4, 0.5) is 30.7 Å². The van der Waals surface area contributed by atoms with E-state index in [1.807, 2.05) is 6.92 Å². The third kappa shape index (κ3) is 5.41. The van der Waals surface area contributed by atoms with Gasteiger partial charge in [0.15, 0.2) is 17.4 Å². The Hall–Kier alpha value is -3.03. The molecule has 0 N–H and O–H groups in total. The quantitative estimate of drug-likeness (QED) is 0.321. The van der Waals surface area contributed by atoms with Crippen molar-refractivity contribution in [1.82, 2.24) is 0 Å². The lowest BCUT2D eigenvalue weighted by Crippen LogP contribution is -2.06. The minimum Gasteiger partial charge on any atom is -0.429 e. The molecule has 0 unspecified atom stereocenters. The lowest BCUT2D eigenvalue weighted by Gasteiger charge is -2.12. The third-order valence-corrected chi connectivity index (χ3v) is 4.93. The van der Waals surface area contributed by atoms with Gasteiger partial charge in [-0.25, -0.2) is 22.0 Å². The van der Waals surface area contributed by atoms with Crippen molar-refractivity contribution in [3.63, 3.8) is 0 Å². The minimum absolute atomic E-state index is 0.127. The lowest BCUT2D eigenvalue weighted by atomic mass is 9.98. The first-order chi connectivity index (χ1) is 15.2. The smallest absolute Gasteiger partial charge is 0.387 e. The molecule has 0 aliphatic carbocycles. The van der Waals surface area contributed by atoms with Gasteiger partial charge in [-0.2, -0.15) is 8.78 Å². The second kappa shape index (κ2) is 10.1. The molecule has 0 bridgehead atoms. The van der Waals surface area contributed by atoms with Gasteiger partial charge in [-0.15, -0.1) is 0 Å². The van der Waals surface area contributed by atoms with Crippen LogP contribution in [-0.2, 0) is 19.3 Å². The molecule has 0 atom stereocenters. The predicted octanol–water partition coefficient (Wildman–Crippen LogP) is 7.39. The standard InChI is InChI=1S/C24H19F7O/c1-2-3-13-4-6-15(17(25)8-13)7-5-14-9-18(26)22(19(27)10-14)16-11-20(28)23(21(29)12-16)32-24(30)31/h4,6,8-12,24H,2-3,5,7H2,1H3. The van der Waals surface area contributed by atoms with Crippen LogP contribution in [0.15, 0.2) is 42.5 Å². The van der Waals surface area contributed by atoms with Gasteiger partial charge in [-0.1, -0.05) is 25.5 Å². The van der Waals surface area contributed by atoms with Gasteiger partial charge in [0.2, 0.25) is 0 Å². The minimum atomic E-state index is -3.47. The molecule has 8 heteroatoms. The SMILES string of the molecule is CCCc1ccc(CCc2cc(F)c(-c3cc(F)c(OC(F)F)c(F)c3)c(F)c2)c(F)c1. The Kier molecular flexibility index (Phi) is 7.43. The fourth-order valence-corrected chi connectivity index (χ4v) is 3.47. The summed E-state index contributed by atoms with van der Waals surface area (Å²) in [6.07, 6.45) is 1.94. The van der Waals surface area contributed by atoms with E-state index in [0.717, 1.165) is 30.5 Å². The van der Waals surface area contributed by atoms with Crippen molar-refractivity contribution in [3.05, 3.63) is 88.2 Å². The van der Waals surface area contributed by atoms with Crippen LogP contribution in [0.1, 0.15) is 30.0 Å². The summed E-state index contributed by atoms with van der Waals surface area (Å²) in [5, 5.41) is 0. The van der Waals surface area contributed by atoms with Crippen LogP contribution in [0.3, 0.4) is 0 Å². The molecule has 3 aromatic carbocycles. The first-order valence-electron chi connectivity index (χ1n) is 9.89. The second-order valence-corrected chi connectivity index (χ2v) is 7.26. The van der Waals surface area contributed by atoms with Gasteiger partial charge < -0.3 is 4.74 Å². The monoisotopic (exact) mass is 456 g/mol. The first-order valence-corrected chi connectivity index (χ1v) is 9.89. The van der Waals surface area contributed by atoms with Crippen LogP contribution in [0.5, 0.6) is 5.75 Å². The molecular formula is C24H19F7O. The highest BCUT2D eigenvalue weighted by atomic mass is 19.3. The fraction of sp³-hybridized carbons (Fsp3) is 0.250. The average Bonchev–Trinajstić information content (AvgIpc) is 2.70. The van der Waals surface area contributed by atoms with Crippen LogP contribution in [-0.4, -0.2) is 6.61 Å². The Morgan fingerprint density at radius 2 is 1.28 bits per heavy atom. The van der Waals surface area contributed by atoms with E-state index in [1.54, 1.807) is 12.1 Å². The maximum absolute atomic E-state index is 14.6. The zero-order valence-corrected chi connectivity index (χ0v) is 17.0. The summed E-state index contributed by atoms with van der Waals surface area (Å²) >= 11 is 0. The van der Waals surface area contributed by atoms with Gasteiger partial charge in [0.25, 0.3) is 0 Å². The van der Waals surface area contributed by atoms with Crippen LogP contribution in [0.25, 0.3) is 11.1 Å². The summed E-state index contributed by atoms with van der Waals surface area (Å²) in [5.74, 6) is -6.98. The molecule has 0 aliphatic heterocycles. The molecule has 0 fully saturated rings. The van der Waals surface area contributed by atoms with Crippen molar-refractivity contribution in [3.8, 4) is 16.9 Å². The highest BCUT2D eigenvalue weighted by Crippen LogP contribution is 2.33. The number of aryl methyl sites for hydroxylation is 3. The Morgan fingerprint density at radius 1 is 0.688 bits per heavy atom. The van der Waals surface area contributed by atoms with Crippen molar-refractivity contribution in [1.29, 1.82) is 0 Å². The largest absolute Gasteiger partial charge is 0.429 e. The first kappa shape index (κ1) is 23.6. The summed E-state index contributed by atoms with van der Waals surface area (Å²) in [6, 6.07) is 7.87. The number of hydrogen-bond donors (Lipinski definition) is 0. The van der Waals surface area contributed by atoms with Crippen molar-refractivity contribution in [2.75, 3.05) is 0 Å². The van der Waals surface area contributed by atoms with E-state index in [0.29, 0.717) is 17.7 Å². The van der Waals surface area contributed by atoms with Gasteiger partial charge >= 0.3 is 6.61 Å². The molecule has 0 saturated heterocycles. The van der Waals surface area contributed by atoms with E-state index in [1.165, 1.54) is 6.07 Å². The summed E-state index contributed by atoms with van der Waals surface area (Å²) in [7, 11) is 0. The number of alkyl halides is 2. The molecule has 0 spiro atoms. The lowest BCUT2D eigenvalue weighted by molar-refractivity contribution is -0.0546. The number of hydrogen-bond acceptors (Lipinski definition) is 1. The van der Waals surface area contributed by atoms with Crippen molar-refractivity contribution < 1.29 is 35.5 Å². The van der Waals surface area contributed by atoms with E-state index in [-0.39, 0.29) is 18.4 Å². The average molecular weight is 456 g/mol. The number of ether oxygens (including phenoxy) is 1. The van der Waals surface area contributed by atoms with Crippen LogP contribution in [0.2, 0.25) is 0 Å². The van der Waals surface area contributed by atoms with Gasteiger partial charge in [-0.3, -0.25) is 0 Å². The Morgan fingerprint density at radius 3 is 1.81 bits per heavy atom. The van der Waals surface area contributed by atoms with E-state index in [4.69, 9.17) is 0 Å². The Bertz CT molecular complexity index is 1070. The van der Waals surface area contributed by atoms with Gasteiger partial charge in [0.1, 0.15) is 17.5 Å². The van der Waals surface area contributed by atoms with E-state index in [9.17, 15) is 30.7 Å². The zero-order chi connectivity index (χ0) is 23.4. The molecule has 0 radical (unpaired) electrons. The molecular weight excluding hydrogens is 437 g/mol. The fourth-order valence-electron chi connectivity index (χ4n) is 3.47. The Labute approximate surface area is 180 Å². The topological polar surface area (TPSA) is 9.23 Å². The van der Waals surface area contributed by atoms with Crippen molar-refractivity contribution in [2.45, 2.75) is 39.2 Å². The highest BCUT2D eigenvalue weighted by molar-refractivity contribution is 5.66. The molecule has 0 amide bonds. The molecule has 0 heterocycles. The summed E-state index contributed by atoms with van der Waals surface area (Å²) in [5.41, 5.74) is 0.249. The van der Waals surface area contributed by atoms with Crippen molar-refractivity contribution >= 4 is 0 Å². The van der Waals surface area contributed by atoms with Crippen molar-refractivity contribution in [2.24, 2.45) is 0 Å². The van der Waals surface area contributed by atoms with Crippen LogP contribution in [0, 0.1) is 29.1 Å². The second-order valence-electron chi connectivity index (χ2n) is 7.26. The number of rotatable bonds is 8. The Balaban J connectivity index is 1.83. The molecule has 170 valence electrons. The molecule has 1 nitrogen and oxygen atoms in total. The van der Waals surface area contributed by atoms with Gasteiger partial charge in [0.05, 0.1) is 5.56 Å². The molecule has 3 aromatic rings. The van der Waals surface area contributed by atoms with Gasteiger partial charge in [-0.05, 0) is 71.8 Å². The maximum Gasteiger partial charge on any atom is 0.387 e. The van der Waals surface area contributed by atoms with Crippen LogP contribution < -0.4 is 4.74 Å². The molecule has 0 aromatic heterocycles. The van der Waals surface area contributed by atoms with E-state index < -0.39 is 52.6 Å². The summed E-state index contributed by atoms with van der Waals surface area (Å²) < 4.78 is 99.6. The summed E-state index contributed by atoms with van der Waals surface area (Å²) in [6.45, 7) is -1.49.